The zero-order valence-electron chi connectivity index (χ0n) is 24.9. The third-order valence-electron chi connectivity index (χ3n) is 8.16. The first kappa shape index (κ1) is 29.0. The summed E-state index contributed by atoms with van der Waals surface area (Å²) >= 11 is 0. The second-order valence-electron chi connectivity index (χ2n) is 11.6. The van der Waals surface area contributed by atoms with Crippen LogP contribution < -0.4 is 15.5 Å². The first-order valence-electron chi connectivity index (χ1n) is 13.9. The monoisotopic (exact) mass is 600 g/mol. The van der Waals surface area contributed by atoms with Gasteiger partial charge in [0.25, 0.3) is 10.0 Å². The molecule has 0 aliphatic carbocycles. The average molecular weight is 601 g/mol. The van der Waals surface area contributed by atoms with Gasteiger partial charge in [0.15, 0.2) is 0 Å². The lowest BCUT2D eigenvalue weighted by Gasteiger charge is -2.32. The van der Waals surface area contributed by atoms with Crippen molar-refractivity contribution in [2.45, 2.75) is 57.3 Å². The molecular weight excluding hydrogens is 567 g/mol. The molecule has 1 N–H and O–H groups in total. The number of nitrogens with one attached hydrogen (secondary N) is 1. The van der Waals surface area contributed by atoms with Crippen LogP contribution >= 0.6 is 0 Å². The molecular formula is C31H33BN4O6S. The molecule has 1 aliphatic heterocycles. The zero-order chi connectivity index (χ0) is 30.6. The van der Waals surface area contributed by atoms with Crippen LogP contribution in [0.5, 0.6) is 5.75 Å². The number of aryl methyl sites for hydroxylation is 1. The third kappa shape index (κ3) is 5.30. The molecule has 1 aliphatic rings. The number of aromatic nitrogens is 3. The quantitative estimate of drug-likeness (QED) is 0.241. The average Bonchev–Trinajstić information content (AvgIpc) is 3.66. The van der Waals surface area contributed by atoms with E-state index in [2.05, 4.69) is 15.5 Å². The van der Waals surface area contributed by atoms with Crippen molar-refractivity contribution < 1.29 is 26.9 Å². The number of ether oxygens (including phenoxy) is 1. The van der Waals surface area contributed by atoms with Gasteiger partial charge in [-0.15, -0.1) is 5.10 Å². The Bertz CT molecular complexity index is 1880. The van der Waals surface area contributed by atoms with Crippen LogP contribution in [0.1, 0.15) is 38.8 Å². The van der Waals surface area contributed by atoms with Crippen molar-refractivity contribution >= 4 is 39.5 Å². The Morgan fingerprint density at radius 2 is 1.60 bits per heavy atom. The molecule has 12 heteroatoms. The van der Waals surface area contributed by atoms with E-state index >= 15 is 0 Å². The van der Waals surface area contributed by atoms with E-state index in [0.29, 0.717) is 28.5 Å². The number of methoxy groups -OCH3 is 1. The lowest BCUT2D eigenvalue weighted by Crippen LogP contribution is -2.41. The topological polar surface area (TPSA) is 118 Å². The van der Waals surface area contributed by atoms with Crippen molar-refractivity contribution in [3.63, 3.8) is 0 Å². The molecule has 0 atom stereocenters. The number of rotatable bonds is 8. The van der Waals surface area contributed by atoms with Crippen molar-refractivity contribution in [1.29, 1.82) is 0 Å². The van der Waals surface area contributed by atoms with E-state index in [9.17, 15) is 8.42 Å². The smallest absolute Gasteiger partial charge is 0.497 e. The molecule has 2 aromatic heterocycles. The number of nitrogens with zero attached hydrogens (tertiary/aromatic N) is 3. The van der Waals surface area contributed by atoms with E-state index in [4.69, 9.17) is 18.5 Å². The van der Waals surface area contributed by atoms with Crippen LogP contribution in [0.3, 0.4) is 0 Å². The molecule has 5 aromatic rings. The van der Waals surface area contributed by atoms with Crippen LogP contribution in [0.2, 0.25) is 0 Å². The Kier molecular flexibility index (Phi) is 7.11. The molecule has 3 heterocycles. The van der Waals surface area contributed by atoms with Gasteiger partial charge in [-0.3, -0.25) is 0 Å². The van der Waals surface area contributed by atoms with Crippen LogP contribution in [0.4, 0.5) is 6.01 Å². The van der Waals surface area contributed by atoms with E-state index in [1.165, 1.54) is 3.97 Å². The van der Waals surface area contributed by atoms with Gasteiger partial charge in [0.05, 0.1) is 28.7 Å². The predicted octanol–water partition coefficient (Wildman–Crippen LogP) is 5.16. The van der Waals surface area contributed by atoms with Crippen molar-refractivity contribution in [3.8, 4) is 17.2 Å². The SMILES string of the molecule is COc1ccc(CNc2nnc(-c3ccc4c(c3)c(B3OC(C)(C)C(C)(C)O3)cn4S(=O)(=O)c3ccc(C)cc3)o2)cc1. The molecule has 0 spiro atoms. The fourth-order valence-electron chi connectivity index (χ4n) is 4.87. The minimum atomic E-state index is -3.92. The minimum absolute atomic E-state index is 0.184. The zero-order valence-corrected chi connectivity index (χ0v) is 25.7. The van der Waals surface area contributed by atoms with Crippen molar-refractivity contribution in [2.75, 3.05) is 12.4 Å². The van der Waals surface area contributed by atoms with Gasteiger partial charge in [-0.1, -0.05) is 34.9 Å². The van der Waals surface area contributed by atoms with Gasteiger partial charge >= 0.3 is 13.1 Å². The van der Waals surface area contributed by atoms with Crippen LogP contribution in [0.25, 0.3) is 22.4 Å². The lowest BCUT2D eigenvalue weighted by molar-refractivity contribution is 0.00578. The van der Waals surface area contributed by atoms with Gasteiger partial charge in [0, 0.05) is 29.2 Å². The molecule has 1 fully saturated rings. The summed E-state index contributed by atoms with van der Waals surface area (Å²) in [7, 11) is -3.09. The van der Waals surface area contributed by atoms with Crippen molar-refractivity contribution in [1.82, 2.24) is 14.2 Å². The molecule has 222 valence electrons. The summed E-state index contributed by atoms with van der Waals surface area (Å²) in [6.07, 6.45) is 1.58. The number of fused-ring (bicyclic) bond motifs is 1. The van der Waals surface area contributed by atoms with Gasteiger partial charge in [-0.25, -0.2) is 12.4 Å². The summed E-state index contributed by atoms with van der Waals surface area (Å²) in [5, 5.41) is 12.2. The summed E-state index contributed by atoms with van der Waals surface area (Å²) in [5.74, 6) is 1.06. The molecule has 0 bridgehead atoms. The summed E-state index contributed by atoms with van der Waals surface area (Å²) in [6.45, 7) is 10.2. The number of anilines is 1. The maximum absolute atomic E-state index is 13.9. The third-order valence-corrected chi connectivity index (χ3v) is 9.85. The maximum Gasteiger partial charge on any atom is 0.497 e. The molecule has 0 unspecified atom stereocenters. The first-order chi connectivity index (χ1) is 20.4. The van der Waals surface area contributed by atoms with Gasteiger partial charge in [0.1, 0.15) is 5.75 Å². The summed E-state index contributed by atoms with van der Waals surface area (Å²) < 4.78 is 52.8. The Labute approximate surface area is 251 Å². The highest BCUT2D eigenvalue weighted by atomic mass is 32.2. The normalized spacial score (nSPS) is 16.1. The molecule has 43 heavy (non-hydrogen) atoms. The van der Waals surface area contributed by atoms with Gasteiger partial charge in [-0.2, -0.15) is 0 Å². The Balaban J connectivity index is 1.37. The van der Waals surface area contributed by atoms with Crippen LogP contribution in [0.15, 0.2) is 82.2 Å². The molecule has 1 saturated heterocycles. The lowest BCUT2D eigenvalue weighted by atomic mass is 9.79. The number of benzene rings is 3. The molecule has 6 rings (SSSR count). The van der Waals surface area contributed by atoms with Crippen molar-refractivity contribution in [3.05, 3.63) is 84.1 Å². The van der Waals surface area contributed by atoms with Crippen molar-refractivity contribution in [2.24, 2.45) is 0 Å². The first-order valence-corrected chi connectivity index (χ1v) is 15.4. The molecule has 0 saturated carbocycles. The van der Waals surface area contributed by atoms with E-state index in [-0.39, 0.29) is 16.8 Å². The standard InChI is InChI=1S/C31H33BN4O6S/c1-20-7-14-24(15-8-20)43(37,38)36-19-26(32-41-30(2,3)31(4,5)42-32)25-17-22(11-16-27(25)36)28-34-35-29(40-28)33-18-21-9-12-23(39-6)13-10-21/h7-17,19H,18H2,1-6H3,(H,33,35). The Morgan fingerprint density at radius 1 is 0.930 bits per heavy atom. The maximum atomic E-state index is 13.9. The summed E-state index contributed by atoms with van der Waals surface area (Å²) in [4.78, 5) is 0.184. The highest BCUT2D eigenvalue weighted by molar-refractivity contribution is 7.90. The fourth-order valence-corrected chi connectivity index (χ4v) is 6.25. The van der Waals surface area contributed by atoms with Gasteiger partial charge < -0.3 is 23.8 Å². The highest BCUT2D eigenvalue weighted by Gasteiger charge is 2.52. The highest BCUT2D eigenvalue weighted by Crippen LogP contribution is 2.38. The van der Waals surface area contributed by atoms with Crippen LogP contribution in [-0.2, 0) is 25.9 Å². The molecule has 0 amide bonds. The second kappa shape index (κ2) is 10.5. The van der Waals surface area contributed by atoms with E-state index in [0.717, 1.165) is 16.9 Å². The Morgan fingerprint density at radius 3 is 2.26 bits per heavy atom. The van der Waals surface area contributed by atoms with Gasteiger partial charge in [0.2, 0.25) is 5.89 Å². The minimum Gasteiger partial charge on any atom is -0.497 e. The predicted molar refractivity (Wildman–Crippen MR) is 165 cm³/mol. The molecule has 10 nitrogen and oxygen atoms in total. The second-order valence-corrected chi connectivity index (χ2v) is 13.4. The summed E-state index contributed by atoms with van der Waals surface area (Å²) in [6, 6.07) is 20.0. The molecule has 3 aromatic carbocycles. The number of hydrogen-bond donors (Lipinski definition) is 1. The molecule has 0 radical (unpaired) electrons. The largest absolute Gasteiger partial charge is 0.497 e. The Hall–Kier alpha value is -4.13. The van der Waals surface area contributed by atoms with E-state index in [1.807, 2.05) is 65.0 Å². The van der Waals surface area contributed by atoms with Gasteiger partial charge in [-0.05, 0) is 82.6 Å². The van der Waals surface area contributed by atoms with E-state index in [1.54, 1.807) is 49.7 Å². The summed E-state index contributed by atoms with van der Waals surface area (Å²) in [5.41, 5.74) is 2.45. The van der Waals surface area contributed by atoms with E-state index < -0.39 is 28.3 Å². The fraction of sp³-hybridized carbons (Fsp3) is 0.290. The van der Waals surface area contributed by atoms with Crippen LogP contribution in [0, 0.1) is 6.92 Å². The number of hydrogen-bond acceptors (Lipinski definition) is 9. The van der Waals surface area contributed by atoms with Crippen LogP contribution in [-0.4, -0.2) is 48.0 Å².